The number of rotatable bonds is 3. The minimum absolute atomic E-state index is 0.0250. The highest BCUT2D eigenvalue weighted by Gasteiger charge is 2.19. The van der Waals surface area contributed by atoms with E-state index in [4.69, 9.17) is 37.8 Å². The number of hydrogen-bond acceptors (Lipinski definition) is 5. The molecule has 0 bridgehead atoms. The maximum atomic E-state index is 8.66. The predicted molar refractivity (Wildman–Crippen MR) is 161 cm³/mol. The van der Waals surface area contributed by atoms with E-state index in [0.717, 1.165) is 36.5 Å². The molecular weight excluding hydrogens is 522 g/mol. The Labute approximate surface area is 239 Å². The van der Waals surface area contributed by atoms with Gasteiger partial charge in [-0.05, 0) is 36.4 Å². The highest BCUT2D eigenvalue weighted by Crippen LogP contribution is 2.41. The largest absolute Gasteiger partial charge is 0.456 e. The molecule has 0 aliphatic heterocycles. The first-order valence-corrected chi connectivity index (χ1v) is 13.3. The Bertz CT molecular complexity index is 2460. The minimum Gasteiger partial charge on any atom is -0.456 e. The highest BCUT2D eigenvalue weighted by molar-refractivity contribution is 7.26. The molecule has 0 saturated carbocycles. The molecule has 3 heterocycles. The number of benzene rings is 5. The summed E-state index contributed by atoms with van der Waals surface area (Å²) in [5.41, 5.74) is 2.53. The average molecular weight is 545 g/mol. The van der Waals surface area contributed by atoms with Crippen LogP contribution < -0.4 is 0 Å². The fourth-order valence-electron chi connectivity index (χ4n) is 5.00. The molecule has 0 spiro atoms. The minimum atomic E-state index is -0.486. The zero-order valence-electron chi connectivity index (χ0n) is 25.0. The van der Waals surface area contributed by atoms with Gasteiger partial charge >= 0.3 is 0 Å². The molecule has 0 N–H and O–H groups in total. The summed E-state index contributed by atoms with van der Waals surface area (Å²) in [6.07, 6.45) is 0. The lowest BCUT2D eigenvalue weighted by Gasteiger charge is -2.10. The van der Waals surface area contributed by atoms with Crippen molar-refractivity contribution in [2.45, 2.75) is 0 Å². The van der Waals surface area contributed by atoms with Crippen LogP contribution >= 0.6 is 22.9 Å². The lowest BCUT2D eigenvalue weighted by Crippen LogP contribution is -2.00. The van der Waals surface area contributed by atoms with Gasteiger partial charge in [0.25, 0.3) is 0 Å². The number of aromatic nitrogens is 3. The van der Waals surface area contributed by atoms with Crippen LogP contribution in [0.3, 0.4) is 0 Å². The Hall–Kier alpha value is -4.58. The van der Waals surface area contributed by atoms with E-state index in [-0.39, 0.29) is 17.2 Å². The van der Waals surface area contributed by atoms with Crippen molar-refractivity contribution in [2.24, 2.45) is 0 Å². The fraction of sp³-hybridized carbons (Fsp3) is 0. The molecule has 39 heavy (non-hydrogen) atoms. The number of hydrogen-bond donors (Lipinski definition) is 0. The van der Waals surface area contributed by atoms with E-state index < -0.39 is 30.2 Å². The van der Waals surface area contributed by atoms with Crippen LogP contribution in [0.4, 0.5) is 0 Å². The van der Waals surface area contributed by atoms with Crippen molar-refractivity contribution < 1.29 is 11.3 Å². The van der Waals surface area contributed by atoms with Gasteiger partial charge < -0.3 is 4.42 Å². The fourth-order valence-corrected chi connectivity index (χ4v) is 6.38. The normalized spacial score (nSPS) is 13.5. The van der Waals surface area contributed by atoms with E-state index in [1.807, 2.05) is 48.5 Å². The summed E-state index contributed by atoms with van der Waals surface area (Å²) >= 11 is 7.99. The quantitative estimate of drug-likeness (QED) is 0.222. The van der Waals surface area contributed by atoms with Crippen molar-refractivity contribution in [3.8, 4) is 34.2 Å². The Morgan fingerprint density at radius 3 is 2.31 bits per heavy atom. The van der Waals surface area contributed by atoms with Crippen LogP contribution in [0, 0.1) is 0 Å². The molecular formula is C33H18ClN3OS. The van der Waals surface area contributed by atoms with Crippen molar-refractivity contribution in [1.82, 2.24) is 15.0 Å². The summed E-state index contributed by atoms with van der Waals surface area (Å²) in [6.45, 7) is 0. The van der Waals surface area contributed by atoms with Gasteiger partial charge in [0, 0.05) is 52.7 Å². The Kier molecular flexibility index (Phi) is 4.00. The molecule has 6 heteroatoms. The molecule has 184 valence electrons. The monoisotopic (exact) mass is 544 g/mol. The number of halogens is 1. The van der Waals surface area contributed by atoms with Crippen LogP contribution in [0.2, 0.25) is 5.02 Å². The first-order valence-electron chi connectivity index (χ1n) is 14.7. The van der Waals surface area contributed by atoms with E-state index >= 15 is 0 Å². The van der Waals surface area contributed by atoms with Gasteiger partial charge in [-0.3, -0.25) is 0 Å². The maximum absolute atomic E-state index is 8.66. The van der Waals surface area contributed by atoms with E-state index in [1.165, 1.54) is 0 Å². The molecule has 0 saturated heterocycles. The summed E-state index contributed by atoms with van der Waals surface area (Å²) < 4.78 is 50.2. The third-order valence-corrected chi connectivity index (χ3v) is 8.16. The van der Waals surface area contributed by atoms with E-state index in [0.29, 0.717) is 27.6 Å². The van der Waals surface area contributed by atoms with Crippen LogP contribution in [0.25, 0.3) is 76.3 Å². The van der Waals surface area contributed by atoms with Crippen LogP contribution in [0.5, 0.6) is 0 Å². The second kappa shape index (κ2) is 8.73. The first-order chi connectivity index (χ1) is 21.3. The van der Waals surface area contributed by atoms with Gasteiger partial charge in [0.05, 0.1) is 6.85 Å². The molecule has 0 atom stereocenters. The van der Waals surface area contributed by atoms with Crippen LogP contribution in [-0.4, -0.2) is 15.0 Å². The van der Waals surface area contributed by atoms with Gasteiger partial charge in [-0.15, -0.1) is 11.3 Å². The van der Waals surface area contributed by atoms with Crippen molar-refractivity contribution in [3.05, 3.63) is 114 Å². The van der Waals surface area contributed by atoms with Crippen molar-refractivity contribution in [2.75, 3.05) is 0 Å². The predicted octanol–water partition coefficient (Wildman–Crippen LogP) is 9.79. The Balaban J connectivity index is 1.48. The molecule has 0 aliphatic rings. The lowest BCUT2D eigenvalue weighted by molar-refractivity contribution is 0.669. The van der Waals surface area contributed by atoms with Crippen LogP contribution in [0.1, 0.15) is 6.85 Å². The Morgan fingerprint density at radius 2 is 1.41 bits per heavy atom. The van der Waals surface area contributed by atoms with Gasteiger partial charge in [-0.25, -0.2) is 15.0 Å². The molecule has 0 amide bonds. The summed E-state index contributed by atoms with van der Waals surface area (Å²) in [7, 11) is 0. The van der Waals surface area contributed by atoms with Crippen molar-refractivity contribution >= 4 is 65.0 Å². The highest BCUT2D eigenvalue weighted by atomic mass is 35.5. The van der Waals surface area contributed by atoms with Gasteiger partial charge in [0.15, 0.2) is 17.5 Å². The summed E-state index contributed by atoms with van der Waals surface area (Å²) in [4.78, 5) is 14.5. The van der Waals surface area contributed by atoms with Crippen LogP contribution in [0.15, 0.2) is 113 Å². The zero-order valence-corrected chi connectivity index (χ0v) is 21.6. The van der Waals surface area contributed by atoms with Gasteiger partial charge in [0.2, 0.25) is 0 Å². The number of nitrogens with zero attached hydrogens (tertiary/aromatic N) is 3. The lowest BCUT2D eigenvalue weighted by atomic mass is 10.0. The van der Waals surface area contributed by atoms with Crippen LogP contribution in [-0.2, 0) is 0 Å². The zero-order chi connectivity index (χ0) is 30.3. The third-order valence-electron chi connectivity index (χ3n) is 6.70. The second-order valence-corrected chi connectivity index (χ2v) is 10.5. The molecule has 0 unspecified atom stereocenters. The van der Waals surface area contributed by atoms with Gasteiger partial charge in [-0.2, -0.15) is 0 Å². The molecule has 0 aliphatic carbocycles. The molecule has 0 radical (unpaired) electrons. The molecule has 4 nitrogen and oxygen atoms in total. The van der Waals surface area contributed by atoms with Gasteiger partial charge in [-0.1, -0.05) is 84.3 Å². The number of thiophene rings is 1. The molecule has 0 fully saturated rings. The van der Waals surface area contributed by atoms with E-state index in [1.54, 1.807) is 23.5 Å². The molecule has 3 aromatic heterocycles. The molecule has 8 rings (SSSR count). The number of fused-ring (bicyclic) bond motifs is 6. The smallest absolute Gasteiger partial charge is 0.165 e. The van der Waals surface area contributed by atoms with E-state index in [2.05, 4.69) is 18.2 Å². The van der Waals surface area contributed by atoms with Gasteiger partial charge in [0.1, 0.15) is 11.2 Å². The molecule has 5 aromatic carbocycles. The SMILES string of the molecule is [2H]c1c([2H])c([2H])c(-c2nc(-c3cccc4c3sc3ccccc34)nc(-c3cccc4oc5ccc(Cl)cc5c34)n2)c([2H])c1[2H]. The third kappa shape index (κ3) is 3.62. The summed E-state index contributed by atoms with van der Waals surface area (Å²) in [6, 6.07) is 22.8. The second-order valence-electron chi connectivity index (χ2n) is 9.01. The number of furan rings is 1. The molecule has 8 aromatic rings. The first kappa shape index (κ1) is 17.8. The average Bonchev–Trinajstić information content (AvgIpc) is 3.61. The topological polar surface area (TPSA) is 51.8 Å². The summed E-state index contributed by atoms with van der Waals surface area (Å²) in [5, 5.41) is 4.23. The standard InChI is InChI=1S/C33H18ClN3OS/c34-20-16-17-26-25(18-20)29-23(12-7-14-27(29)38-26)32-35-31(19-8-2-1-3-9-19)36-33(37-32)24-13-6-11-22-21-10-4-5-15-28(21)39-30(22)24/h1-18H/i1D,2D,3D,8D,9D. The summed E-state index contributed by atoms with van der Waals surface area (Å²) in [5.74, 6) is 0.558. The Morgan fingerprint density at radius 1 is 0.667 bits per heavy atom. The van der Waals surface area contributed by atoms with Crippen molar-refractivity contribution in [1.29, 1.82) is 0 Å². The van der Waals surface area contributed by atoms with Crippen molar-refractivity contribution in [3.63, 3.8) is 0 Å². The maximum Gasteiger partial charge on any atom is 0.165 e. The van der Waals surface area contributed by atoms with E-state index in [9.17, 15) is 0 Å².